The van der Waals surface area contributed by atoms with Crippen LogP contribution < -0.4 is 5.32 Å². The molecule has 0 heterocycles. The number of halogens is 4. The molecule has 18 heavy (non-hydrogen) atoms. The van der Waals surface area contributed by atoms with E-state index in [-0.39, 0.29) is 5.82 Å². The molecule has 0 saturated carbocycles. The lowest BCUT2D eigenvalue weighted by atomic mass is 10.2. The highest BCUT2D eigenvalue weighted by Crippen LogP contribution is 2.25. The van der Waals surface area contributed by atoms with Gasteiger partial charge >= 0.3 is 0 Å². The smallest absolute Gasteiger partial charge is 0.124 e. The van der Waals surface area contributed by atoms with Gasteiger partial charge in [0, 0.05) is 14.6 Å². The fraction of sp³-hybridized carbons (Fsp3) is 0.0769. The van der Waals surface area contributed by atoms with E-state index >= 15 is 0 Å². The topological polar surface area (TPSA) is 12.0 Å². The summed E-state index contributed by atoms with van der Waals surface area (Å²) in [4.78, 5) is 0. The number of nitrogens with one attached hydrogen (secondary N) is 1. The van der Waals surface area contributed by atoms with Crippen LogP contribution in [0.15, 0.2) is 40.9 Å². The van der Waals surface area contributed by atoms with Gasteiger partial charge in [0.15, 0.2) is 0 Å². The number of hydrogen-bond donors (Lipinski definition) is 1. The molecular formula is C13H9BrClFIN. The van der Waals surface area contributed by atoms with E-state index in [4.69, 9.17) is 11.6 Å². The normalized spacial score (nSPS) is 10.4. The minimum Gasteiger partial charge on any atom is -0.380 e. The molecule has 1 N–H and O–H groups in total. The van der Waals surface area contributed by atoms with Crippen molar-refractivity contribution < 1.29 is 4.39 Å². The second-order valence-electron chi connectivity index (χ2n) is 3.71. The van der Waals surface area contributed by atoms with E-state index in [9.17, 15) is 4.39 Å². The Kier molecular flexibility index (Phi) is 4.86. The Hall–Kier alpha value is -0.330. The van der Waals surface area contributed by atoms with Gasteiger partial charge in [0.05, 0.1) is 10.7 Å². The van der Waals surface area contributed by atoms with Crippen LogP contribution in [0.25, 0.3) is 0 Å². The van der Waals surface area contributed by atoms with Crippen molar-refractivity contribution in [1.29, 1.82) is 0 Å². The maximum atomic E-state index is 12.9. The summed E-state index contributed by atoms with van der Waals surface area (Å²) in [6, 6.07) is 10.4. The third-order valence-corrected chi connectivity index (χ3v) is 4.14. The minimum atomic E-state index is -0.252. The van der Waals surface area contributed by atoms with Crippen molar-refractivity contribution in [3.63, 3.8) is 0 Å². The summed E-state index contributed by atoms with van der Waals surface area (Å²) in [6.45, 7) is 0.584. The molecule has 1 nitrogen and oxygen atoms in total. The molecule has 0 bridgehead atoms. The summed E-state index contributed by atoms with van der Waals surface area (Å²) in [5, 5.41) is 3.91. The molecule has 2 aromatic rings. The molecule has 2 rings (SSSR count). The zero-order valence-corrected chi connectivity index (χ0v) is 13.7. The number of anilines is 1. The molecule has 0 aromatic heterocycles. The van der Waals surface area contributed by atoms with Gasteiger partial charge in [-0.1, -0.05) is 33.6 Å². The maximum absolute atomic E-state index is 12.9. The summed E-state index contributed by atoms with van der Waals surface area (Å²) in [5.41, 5.74) is 1.85. The second-order valence-corrected chi connectivity index (χ2v) is 6.22. The molecule has 94 valence electrons. The predicted octanol–water partition coefficient (Wildman–Crippen LogP) is 5.46. The lowest BCUT2D eigenvalue weighted by Crippen LogP contribution is -2.01. The van der Waals surface area contributed by atoms with Gasteiger partial charge in [-0.2, -0.15) is 0 Å². The molecule has 0 saturated heterocycles. The molecule has 0 unspecified atom stereocenters. The van der Waals surface area contributed by atoms with Gasteiger partial charge in [-0.15, -0.1) is 0 Å². The SMILES string of the molecule is Fc1ccc(CNc2ccc(I)cc2Cl)c(Br)c1. The molecule has 2 aromatic carbocycles. The Balaban J connectivity index is 2.11. The van der Waals surface area contributed by atoms with Gasteiger partial charge < -0.3 is 5.32 Å². The van der Waals surface area contributed by atoms with Gasteiger partial charge in [0.2, 0.25) is 0 Å². The molecule has 0 fully saturated rings. The van der Waals surface area contributed by atoms with Crippen molar-refractivity contribution in [1.82, 2.24) is 0 Å². The predicted molar refractivity (Wildman–Crippen MR) is 85.6 cm³/mol. The van der Waals surface area contributed by atoms with Crippen LogP contribution in [-0.4, -0.2) is 0 Å². The molecular weight excluding hydrogens is 431 g/mol. The number of benzene rings is 2. The van der Waals surface area contributed by atoms with E-state index in [2.05, 4.69) is 43.8 Å². The van der Waals surface area contributed by atoms with Crippen LogP contribution in [0.4, 0.5) is 10.1 Å². The van der Waals surface area contributed by atoms with E-state index < -0.39 is 0 Å². The molecule has 0 aliphatic carbocycles. The fourth-order valence-corrected chi connectivity index (χ4v) is 2.90. The van der Waals surface area contributed by atoms with E-state index in [0.717, 1.165) is 19.3 Å². The third kappa shape index (κ3) is 3.59. The van der Waals surface area contributed by atoms with Crippen LogP contribution in [0.1, 0.15) is 5.56 Å². The zero-order valence-electron chi connectivity index (χ0n) is 9.18. The van der Waals surface area contributed by atoms with E-state index in [0.29, 0.717) is 11.6 Å². The molecule has 0 radical (unpaired) electrons. The fourth-order valence-electron chi connectivity index (χ4n) is 1.49. The molecule has 0 aliphatic rings. The summed E-state index contributed by atoms with van der Waals surface area (Å²) in [6.07, 6.45) is 0. The average molecular weight is 440 g/mol. The molecule has 5 heteroatoms. The Morgan fingerprint density at radius 2 is 2.00 bits per heavy atom. The van der Waals surface area contributed by atoms with Crippen LogP contribution >= 0.6 is 50.1 Å². The van der Waals surface area contributed by atoms with Gasteiger partial charge in [0.25, 0.3) is 0 Å². The van der Waals surface area contributed by atoms with Gasteiger partial charge in [-0.3, -0.25) is 0 Å². The van der Waals surface area contributed by atoms with Crippen molar-refractivity contribution in [2.24, 2.45) is 0 Å². The first-order chi connectivity index (χ1) is 8.56. The van der Waals surface area contributed by atoms with Crippen molar-refractivity contribution in [3.8, 4) is 0 Å². The Labute approximate surface area is 132 Å². The highest BCUT2D eigenvalue weighted by atomic mass is 127. The van der Waals surface area contributed by atoms with Crippen LogP contribution in [0.2, 0.25) is 5.02 Å². The molecule has 0 amide bonds. The monoisotopic (exact) mass is 439 g/mol. The molecule has 0 spiro atoms. The van der Waals surface area contributed by atoms with E-state index in [1.54, 1.807) is 6.07 Å². The van der Waals surface area contributed by atoms with Crippen molar-refractivity contribution in [3.05, 3.63) is 60.8 Å². The Morgan fingerprint density at radius 1 is 1.22 bits per heavy atom. The molecule has 0 aliphatic heterocycles. The first kappa shape index (κ1) is 14.1. The summed E-state index contributed by atoms with van der Waals surface area (Å²) >= 11 is 11.7. The summed E-state index contributed by atoms with van der Waals surface area (Å²) in [5.74, 6) is -0.252. The zero-order chi connectivity index (χ0) is 13.1. The first-order valence-corrected chi connectivity index (χ1v) is 7.44. The van der Waals surface area contributed by atoms with Gasteiger partial charge in [-0.25, -0.2) is 4.39 Å². The number of rotatable bonds is 3. The van der Waals surface area contributed by atoms with Crippen molar-refractivity contribution in [2.75, 3.05) is 5.32 Å². The highest BCUT2D eigenvalue weighted by molar-refractivity contribution is 14.1. The van der Waals surface area contributed by atoms with Gasteiger partial charge in [-0.05, 0) is 58.5 Å². The standard InChI is InChI=1S/C13H9BrClFIN/c14-11-5-9(16)2-1-8(11)7-18-13-4-3-10(17)6-12(13)15/h1-6,18H,7H2. The lowest BCUT2D eigenvalue weighted by molar-refractivity contribution is 0.626. The van der Waals surface area contributed by atoms with E-state index in [1.165, 1.54) is 12.1 Å². The van der Waals surface area contributed by atoms with E-state index in [1.807, 2.05) is 18.2 Å². The second kappa shape index (κ2) is 6.21. The summed E-state index contributed by atoms with van der Waals surface area (Å²) < 4.78 is 14.8. The van der Waals surface area contributed by atoms with Crippen molar-refractivity contribution >= 4 is 55.8 Å². The quantitative estimate of drug-likeness (QED) is 0.625. The maximum Gasteiger partial charge on any atom is 0.124 e. The third-order valence-electron chi connectivity index (χ3n) is 2.42. The lowest BCUT2D eigenvalue weighted by Gasteiger charge is -2.10. The van der Waals surface area contributed by atoms with Crippen LogP contribution in [-0.2, 0) is 6.54 Å². The largest absolute Gasteiger partial charge is 0.380 e. The minimum absolute atomic E-state index is 0.252. The molecule has 0 atom stereocenters. The highest BCUT2D eigenvalue weighted by Gasteiger charge is 2.04. The van der Waals surface area contributed by atoms with Crippen LogP contribution in [0, 0.1) is 9.39 Å². The average Bonchev–Trinajstić information content (AvgIpc) is 2.30. The van der Waals surface area contributed by atoms with Crippen LogP contribution in [0.3, 0.4) is 0 Å². The Bertz CT molecular complexity index is 525. The van der Waals surface area contributed by atoms with Crippen LogP contribution in [0.5, 0.6) is 0 Å². The summed E-state index contributed by atoms with van der Waals surface area (Å²) in [7, 11) is 0. The van der Waals surface area contributed by atoms with Gasteiger partial charge in [0.1, 0.15) is 5.82 Å². The first-order valence-electron chi connectivity index (χ1n) is 5.19. The van der Waals surface area contributed by atoms with Crippen molar-refractivity contribution in [2.45, 2.75) is 6.54 Å². The Morgan fingerprint density at radius 3 is 2.67 bits per heavy atom. The number of hydrogen-bond acceptors (Lipinski definition) is 1.